The minimum absolute atomic E-state index is 0.127. The summed E-state index contributed by atoms with van der Waals surface area (Å²) in [5.41, 5.74) is 3.48. The fraction of sp³-hybridized carbons (Fsp3) is 0.292. The van der Waals surface area contributed by atoms with Crippen molar-refractivity contribution in [3.63, 3.8) is 0 Å². The third-order valence-electron chi connectivity index (χ3n) is 4.70. The smallest absolute Gasteiger partial charge is 0.255 e. The van der Waals surface area contributed by atoms with Gasteiger partial charge in [0.2, 0.25) is 0 Å². The molecule has 1 heterocycles. The molecule has 152 valence electrons. The number of ether oxygens (including phenoxy) is 1. The van der Waals surface area contributed by atoms with Crippen molar-refractivity contribution >= 4 is 17.3 Å². The van der Waals surface area contributed by atoms with Gasteiger partial charge in [-0.15, -0.1) is 0 Å². The lowest BCUT2D eigenvalue weighted by Gasteiger charge is -2.27. The highest BCUT2D eigenvalue weighted by atomic mass is 16.5. The molecule has 3 rings (SSSR count). The average molecular weight is 392 g/mol. The van der Waals surface area contributed by atoms with Crippen LogP contribution in [0.5, 0.6) is 0 Å². The van der Waals surface area contributed by atoms with Gasteiger partial charge in [0, 0.05) is 29.5 Å². The van der Waals surface area contributed by atoms with Gasteiger partial charge in [0.15, 0.2) is 0 Å². The largest absolute Gasteiger partial charge is 0.467 e. The molecule has 3 aromatic rings. The first-order valence-corrected chi connectivity index (χ1v) is 9.94. The van der Waals surface area contributed by atoms with Gasteiger partial charge < -0.3 is 19.4 Å². The van der Waals surface area contributed by atoms with Crippen LogP contribution in [0.3, 0.4) is 0 Å². The maximum atomic E-state index is 12.6. The topological polar surface area (TPSA) is 54.7 Å². The second-order valence-corrected chi connectivity index (χ2v) is 7.15. The Bertz CT molecular complexity index is 902. The summed E-state index contributed by atoms with van der Waals surface area (Å²) in [6, 6.07) is 19.5. The van der Waals surface area contributed by atoms with Gasteiger partial charge in [0.1, 0.15) is 12.4 Å². The molecule has 5 heteroatoms. The predicted octanol–water partition coefficient (Wildman–Crippen LogP) is 5.48. The Balaban J connectivity index is 1.58. The Morgan fingerprint density at radius 1 is 1.07 bits per heavy atom. The third-order valence-corrected chi connectivity index (χ3v) is 4.70. The number of carbonyl (C=O) groups is 1. The first-order chi connectivity index (χ1) is 14.1. The van der Waals surface area contributed by atoms with Gasteiger partial charge in [0.25, 0.3) is 5.91 Å². The summed E-state index contributed by atoms with van der Waals surface area (Å²) in [6.07, 6.45) is 1.63. The standard InChI is InChI=1S/C24H28N2O3/c1-4-26(18(2)3)22-12-10-20(11-13-22)24(27)25-21-8-5-7-19(15-21)16-28-17-23-9-6-14-29-23/h5-15,18H,4,16-17H2,1-3H3,(H,25,27). The van der Waals surface area contributed by atoms with Crippen molar-refractivity contribution in [2.45, 2.75) is 40.0 Å². The molecule has 0 atom stereocenters. The van der Waals surface area contributed by atoms with E-state index in [0.29, 0.717) is 24.8 Å². The van der Waals surface area contributed by atoms with E-state index < -0.39 is 0 Å². The van der Waals surface area contributed by atoms with Gasteiger partial charge in [-0.05, 0) is 74.9 Å². The molecule has 0 aliphatic rings. The molecule has 0 spiro atoms. The van der Waals surface area contributed by atoms with Gasteiger partial charge >= 0.3 is 0 Å². The van der Waals surface area contributed by atoms with Crippen LogP contribution >= 0.6 is 0 Å². The fourth-order valence-corrected chi connectivity index (χ4v) is 3.26. The predicted molar refractivity (Wildman–Crippen MR) is 116 cm³/mol. The number of hydrogen-bond donors (Lipinski definition) is 1. The van der Waals surface area contributed by atoms with Gasteiger partial charge in [-0.25, -0.2) is 0 Å². The van der Waals surface area contributed by atoms with Crippen LogP contribution in [0.1, 0.15) is 42.5 Å². The van der Waals surface area contributed by atoms with Crippen molar-refractivity contribution in [3.8, 4) is 0 Å². The number of furan rings is 1. The van der Waals surface area contributed by atoms with Gasteiger partial charge in [0.05, 0.1) is 12.9 Å². The van der Waals surface area contributed by atoms with Crippen molar-refractivity contribution in [1.82, 2.24) is 0 Å². The lowest BCUT2D eigenvalue weighted by molar-refractivity contribution is 0.0929. The Labute approximate surface area is 172 Å². The molecule has 0 saturated heterocycles. The number of anilines is 2. The zero-order valence-electron chi connectivity index (χ0n) is 17.2. The molecule has 0 fully saturated rings. The normalized spacial score (nSPS) is 10.9. The van der Waals surface area contributed by atoms with Crippen LogP contribution in [0, 0.1) is 0 Å². The van der Waals surface area contributed by atoms with Crippen LogP contribution in [-0.2, 0) is 18.0 Å². The second kappa shape index (κ2) is 9.94. The number of nitrogens with one attached hydrogen (secondary N) is 1. The molecule has 1 aromatic heterocycles. The molecule has 1 N–H and O–H groups in total. The number of rotatable bonds is 9. The molecule has 0 saturated carbocycles. The first-order valence-electron chi connectivity index (χ1n) is 9.94. The van der Waals surface area contributed by atoms with E-state index in [4.69, 9.17) is 9.15 Å². The molecular weight excluding hydrogens is 364 g/mol. The molecule has 2 aromatic carbocycles. The number of nitrogens with zero attached hydrogens (tertiary/aromatic N) is 1. The molecule has 5 nitrogen and oxygen atoms in total. The van der Waals surface area contributed by atoms with E-state index in [1.807, 2.05) is 60.7 Å². The maximum Gasteiger partial charge on any atom is 0.255 e. The molecule has 0 bridgehead atoms. The van der Waals surface area contributed by atoms with Crippen molar-refractivity contribution in [2.75, 3.05) is 16.8 Å². The highest BCUT2D eigenvalue weighted by Crippen LogP contribution is 2.19. The molecule has 29 heavy (non-hydrogen) atoms. The van der Waals surface area contributed by atoms with Gasteiger partial charge in [-0.2, -0.15) is 0 Å². The Hall–Kier alpha value is -3.05. The van der Waals surface area contributed by atoms with Gasteiger partial charge in [-0.1, -0.05) is 12.1 Å². The SMILES string of the molecule is CCN(c1ccc(C(=O)Nc2cccc(COCc3ccco3)c2)cc1)C(C)C. The van der Waals surface area contributed by atoms with Crippen LogP contribution in [0.2, 0.25) is 0 Å². The third kappa shape index (κ3) is 5.72. The van der Waals surface area contributed by atoms with E-state index in [1.54, 1.807) is 6.26 Å². The van der Waals surface area contributed by atoms with Crippen molar-refractivity contribution in [2.24, 2.45) is 0 Å². The fourth-order valence-electron chi connectivity index (χ4n) is 3.26. The lowest BCUT2D eigenvalue weighted by Crippen LogP contribution is -2.30. The minimum atomic E-state index is -0.127. The zero-order valence-corrected chi connectivity index (χ0v) is 17.2. The van der Waals surface area contributed by atoms with E-state index >= 15 is 0 Å². The van der Waals surface area contributed by atoms with Crippen LogP contribution in [0.4, 0.5) is 11.4 Å². The molecule has 1 amide bonds. The monoisotopic (exact) mass is 392 g/mol. The summed E-state index contributed by atoms with van der Waals surface area (Å²) in [4.78, 5) is 14.9. The van der Waals surface area contributed by atoms with Crippen LogP contribution in [0.15, 0.2) is 71.3 Å². The minimum Gasteiger partial charge on any atom is -0.467 e. The zero-order chi connectivity index (χ0) is 20.6. The number of hydrogen-bond acceptors (Lipinski definition) is 4. The molecule has 0 radical (unpaired) electrons. The number of carbonyl (C=O) groups excluding carboxylic acids is 1. The number of amides is 1. The van der Waals surface area contributed by atoms with E-state index in [1.165, 1.54) is 0 Å². The molecular formula is C24H28N2O3. The van der Waals surface area contributed by atoms with E-state index in [0.717, 1.165) is 29.2 Å². The highest BCUT2D eigenvalue weighted by molar-refractivity contribution is 6.04. The summed E-state index contributed by atoms with van der Waals surface area (Å²) in [5, 5.41) is 2.96. The molecule has 0 unspecified atom stereocenters. The van der Waals surface area contributed by atoms with Crippen LogP contribution in [0.25, 0.3) is 0 Å². The first kappa shape index (κ1) is 20.7. The van der Waals surface area contributed by atoms with Crippen molar-refractivity contribution < 1.29 is 13.9 Å². The summed E-state index contributed by atoms with van der Waals surface area (Å²) >= 11 is 0. The van der Waals surface area contributed by atoms with E-state index in [2.05, 4.69) is 31.0 Å². The van der Waals surface area contributed by atoms with E-state index in [-0.39, 0.29) is 5.91 Å². The Morgan fingerprint density at radius 2 is 1.86 bits per heavy atom. The van der Waals surface area contributed by atoms with Crippen molar-refractivity contribution in [1.29, 1.82) is 0 Å². The second-order valence-electron chi connectivity index (χ2n) is 7.15. The quantitative estimate of drug-likeness (QED) is 0.524. The number of benzene rings is 2. The van der Waals surface area contributed by atoms with E-state index in [9.17, 15) is 4.79 Å². The summed E-state index contributed by atoms with van der Waals surface area (Å²) in [5.74, 6) is 0.662. The summed E-state index contributed by atoms with van der Waals surface area (Å²) < 4.78 is 10.9. The maximum absolute atomic E-state index is 12.6. The molecule has 0 aliphatic heterocycles. The Morgan fingerprint density at radius 3 is 2.52 bits per heavy atom. The molecule has 0 aliphatic carbocycles. The van der Waals surface area contributed by atoms with Crippen LogP contribution in [-0.4, -0.2) is 18.5 Å². The van der Waals surface area contributed by atoms with Gasteiger partial charge in [-0.3, -0.25) is 4.79 Å². The summed E-state index contributed by atoms with van der Waals surface area (Å²) in [7, 11) is 0. The Kier molecular flexibility index (Phi) is 7.09. The summed E-state index contributed by atoms with van der Waals surface area (Å²) in [6.45, 7) is 8.25. The lowest BCUT2D eigenvalue weighted by atomic mass is 10.1. The van der Waals surface area contributed by atoms with Crippen LogP contribution < -0.4 is 10.2 Å². The average Bonchev–Trinajstić information content (AvgIpc) is 3.22. The highest BCUT2D eigenvalue weighted by Gasteiger charge is 2.11. The van der Waals surface area contributed by atoms with Crippen molar-refractivity contribution in [3.05, 3.63) is 83.8 Å².